The number of carbonyl (C=O) groups excluding carboxylic acids is 1. The van der Waals surface area contributed by atoms with Crippen molar-refractivity contribution in [3.8, 4) is 5.69 Å². The molecule has 4 rings (SSSR count). The van der Waals surface area contributed by atoms with Crippen molar-refractivity contribution < 1.29 is 4.79 Å². The molecular weight excluding hydrogens is 308 g/mol. The third kappa shape index (κ3) is 2.16. The van der Waals surface area contributed by atoms with Crippen molar-refractivity contribution in [3.63, 3.8) is 0 Å². The summed E-state index contributed by atoms with van der Waals surface area (Å²) >= 11 is 6.02. The number of benzene rings is 2. The second kappa shape index (κ2) is 5.28. The van der Waals surface area contributed by atoms with Crippen LogP contribution in [0.1, 0.15) is 24.2 Å². The van der Waals surface area contributed by atoms with Crippen LogP contribution in [0, 0.1) is 0 Å². The van der Waals surface area contributed by atoms with Crippen molar-refractivity contribution in [1.29, 1.82) is 0 Å². The van der Waals surface area contributed by atoms with Crippen LogP contribution in [0.3, 0.4) is 0 Å². The highest BCUT2D eigenvalue weighted by Gasteiger charge is 2.34. The summed E-state index contributed by atoms with van der Waals surface area (Å²) in [6.07, 6.45) is 2.04. The Hall–Kier alpha value is -2.52. The van der Waals surface area contributed by atoms with Crippen LogP contribution in [0.5, 0.6) is 0 Å². The molecule has 3 nitrogen and oxygen atoms in total. The molecule has 1 unspecified atom stereocenters. The molecule has 0 saturated heterocycles. The van der Waals surface area contributed by atoms with E-state index in [4.69, 9.17) is 11.6 Å². The van der Waals surface area contributed by atoms with Gasteiger partial charge in [0.2, 0.25) is 5.91 Å². The zero-order valence-electron chi connectivity index (χ0n) is 12.6. The van der Waals surface area contributed by atoms with E-state index in [1.54, 1.807) is 6.92 Å². The summed E-state index contributed by atoms with van der Waals surface area (Å²) in [5.41, 5.74) is 4.05. The number of amides is 1. The maximum absolute atomic E-state index is 12.4. The summed E-state index contributed by atoms with van der Waals surface area (Å²) in [5, 5.41) is 0.690. The van der Waals surface area contributed by atoms with E-state index in [-0.39, 0.29) is 11.9 Å². The highest BCUT2D eigenvalue weighted by Crippen LogP contribution is 2.42. The molecule has 1 amide bonds. The number of rotatable bonds is 1. The topological polar surface area (TPSA) is 25.2 Å². The second-order valence-electron chi connectivity index (χ2n) is 5.63. The number of aromatic nitrogens is 1. The van der Waals surface area contributed by atoms with Crippen LogP contribution in [0.25, 0.3) is 5.69 Å². The highest BCUT2D eigenvalue weighted by molar-refractivity contribution is 6.30. The molecule has 0 aliphatic carbocycles. The molecule has 0 saturated carbocycles. The van der Waals surface area contributed by atoms with E-state index in [1.807, 2.05) is 65.7 Å². The lowest BCUT2D eigenvalue weighted by atomic mass is 9.98. The zero-order chi connectivity index (χ0) is 16.0. The first-order valence-electron chi connectivity index (χ1n) is 7.49. The lowest BCUT2D eigenvalue weighted by Gasteiger charge is -2.38. The van der Waals surface area contributed by atoms with Crippen LogP contribution < -0.4 is 4.90 Å². The number of hydrogen-bond donors (Lipinski definition) is 0. The second-order valence-corrected chi connectivity index (χ2v) is 6.07. The molecule has 0 radical (unpaired) electrons. The Kier molecular flexibility index (Phi) is 3.24. The normalized spacial score (nSPS) is 15.9. The molecule has 114 valence electrons. The number of carbonyl (C=O) groups is 1. The maximum atomic E-state index is 12.4. The number of para-hydroxylation sites is 2. The molecule has 0 N–H and O–H groups in total. The van der Waals surface area contributed by atoms with Crippen molar-refractivity contribution in [3.05, 3.63) is 83.1 Å². The van der Waals surface area contributed by atoms with Crippen molar-refractivity contribution in [2.24, 2.45) is 0 Å². The Balaban J connectivity index is 1.98. The summed E-state index contributed by atoms with van der Waals surface area (Å²) in [4.78, 5) is 14.3. The first-order valence-corrected chi connectivity index (χ1v) is 7.86. The van der Waals surface area contributed by atoms with Crippen LogP contribution in [-0.4, -0.2) is 10.5 Å². The largest absolute Gasteiger partial charge is 0.316 e. The molecule has 1 aromatic heterocycles. The van der Waals surface area contributed by atoms with Gasteiger partial charge < -0.3 is 4.57 Å². The fourth-order valence-corrected chi connectivity index (χ4v) is 3.42. The van der Waals surface area contributed by atoms with E-state index < -0.39 is 0 Å². The van der Waals surface area contributed by atoms with Crippen molar-refractivity contribution >= 4 is 23.2 Å². The minimum absolute atomic E-state index is 0.0184. The number of hydrogen-bond acceptors (Lipinski definition) is 1. The molecule has 0 bridgehead atoms. The van der Waals surface area contributed by atoms with Crippen LogP contribution in [0.4, 0.5) is 5.69 Å². The fourth-order valence-electron chi connectivity index (χ4n) is 3.30. The Morgan fingerprint density at radius 3 is 2.35 bits per heavy atom. The summed E-state index contributed by atoms with van der Waals surface area (Å²) in [5.74, 6) is 0.0184. The molecule has 23 heavy (non-hydrogen) atoms. The van der Waals surface area contributed by atoms with Crippen LogP contribution >= 0.6 is 11.6 Å². The standard InChI is InChI=1S/C19H15ClN2O/c1-13(23)22-17-6-3-2-5-16(17)21-12-4-7-18(21)19(22)14-8-10-15(20)11-9-14/h2-12,19H,1H3. The van der Waals surface area contributed by atoms with E-state index in [1.165, 1.54) is 0 Å². The third-order valence-corrected chi connectivity index (χ3v) is 4.50. The number of nitrogens with zero attached hydrogens (tertiary/aromatic N) is 2. The van der Waals surface area contributed by atoms with Crippen LogP contribution in [0.2, 0.25) is 5.02 Å². The quantitative estimate of drug-likeness (QED) is 0.643. The lowest BCUT2D eigenvalue weighted by molar-refractivity contribution is -0.117. The smallest absolute Gasteiger partial charge is 0.224 e. The first-order chi connectivity index (χ1) is 11.2. The van der Waals surface area contributed by atoms with Gasteiger partial charge >= 0.3 is 0 Å². The lowest BCUT2D eigenvalue weighted by Crippen LogP contribution is -2.38. The van der Waals surface area contributed by atoms with Gasteiger partial charge in [0.15, 0.2) is 0 Å². The van der Waals surface area contributed by atoms with Crippen LogP contribution in [0.15, 0.2) is 66.9 Å². The molecule has 2 heterocycles. The van der Waals surface area contributed by atoms with E-state index in [2.05, 4.69) is 10.6 Å². The average Bonchev–Trinajstić information content (AvgIpc) is 3.04. The number of halogens is 1. The predicted molar refractivity (Wildman–Crippen MR) is 92.2 cm³/mol. The summed E-state index contributed by atoms with van der Waals surface area (Å²) in [7, 11) is 0. The van der Waals surface area contributed by atoms with E-state index in [9.17, 15) is 4.79 Å². The molecule has 2 aromatic carbocycles. The first kappa shape index (κ1) is 14.1. The van der Waals surface area contributed by atoms with Crippen molar-refractivity contribution in [2.45, 2.75) is 13.0 Å². The molecule has 0 spiro atoms. The number of anilines is 1. The Bertz CT molecular complexity index is 882. The van der Waals surface area contributed by atoms with E-state index >= 15 is 0 Å². The van der Waals surface area contributed by atoms with Gasteiger partial charge in [-0.25, -0.2) is 0 Å². The third-order valence-electron chi connectivity index (χ3n) is 4.24. The highest BCUT2D eigenvalue weighted by atomic mass is 35.5. The Morgan fingerprint density at radius 1 is 0.957 bits per heavy atom. The molecule has 1 aliphatic heterocycles. The van der Waals surface area contributed by atoms with Crippen molar-refractivity contribution in [1.82, 2.24) is 4.57 Å². The van der Waals surface area contributed by atoms with Gasteiger partial charge in [-0.15, -0.1) is 0 Å². The SMILES string of the molecule is CC(=O)N1c2ccccc2-n2cccc2C1c1ccc(Cl)cc1. The van der Waals surface area contributed by atoms with Gasteiger partial charge in [-0.2, -0.15) is 0 Å². The molecule has 3 aromatic rings. The predicted octanol–water partition coefficient (Wildman–Crippen LogP) is 4.59. The Morgan fingerprint density at radius 2 is 1.65 bits per heavy atom. The summed E-state index contributed by atoms with van der Waals surface area (Å²) in [6.45, 7) is 1.61. The number of fused-ring (bicyclic) bond motifs is 3. The zero-order valence-corrected chi connectivity index (χ0v) is 13.4. The maximum Gasteiger partial charge on any atom is 0.224 e. The molecular formula is C19H15ClN2O. The minimum atomic E-state index is -0.158. The molecule has 1 aliphatic rings. The summed E-state index contributed by atoms with van der Waals surface area (Å²) < 4.78 is 2.15. The van der Waals surface area contributed by atoms with Gasteiger partial charge in [0.05, 0.1) is 17.1 Å². The van der Waals surface area contributed by atoms with Crippen LogP contribution in [-0.2, 0) is 4.79 Å². The van der Waals surface area contributed by atoms with E-state index in [0.717, 1.165) is 22.6 Å². The summed E-state index contributed by atoms with van der Waals surface area (Å²) in [6, 6.07) is 19.6. The van der Waals surface area contributed by atoms with Gasteiger partial charge in [-0.1, -0.05) is 35.9 Å². The Labute approximate surface area is 139 Å². The van der Waals surface area contributed by atoms with E-state index in [0.29, 0.717) is 5.02 Å². The fraction of sp³-hybridized carbons (Fsp3) is 0.105. The molecule has 4 heteroatoms. The monoisotopic (exact) mass is 322 g/mol. The average molecular weight is 323 g/mol. The van der Waals surface area contributed by atoms with Gasteiger partial charge in [-0.05, 0) is 42.0 Å². The minimum Gasteiger partial charge on any atom is -0.316 e. The van der Waals surface area contributed by atoms with Gasteiger partial charge in [0, 0.05) is 18.1 Å². The van der Waals surface area contributed by atoms with Crippen molar-refractivity contribution in [2.75, 3.05) is 4.90 Å². The van der Waals surface area contributed by atoms with Gasteiger partial charge in [0.1, 0.15) is 6.04 Å². The van der Waals surface area contributed by atoms with Gasteiger partial charge in [0.25, 0.3) is 0 Å². The molecule has 0 fully saturated rings. The van der Waals surface area contributed by atoms with Gasteiger partial charge in [-0.3, -0.25) is 9.69 Å². The molecule has 1 atom stereocenters.